The molecule has 5 rings (SSSR count). The normalized spacial score (nSPS) is 21.3. The molecule has 1 unspecified atom stereocenters. The Morgan fingerprint density at radius 3 is 2.25 bits per heavy atom. The topological polar surface area (TPSA) is 71.7 Å². The van der Waals surface area contributed by atoms with Gasteiger partial charge in [0.05, 0.1) is 19.1 Å². The lowest BCUT2D eigenvalue weighted by atomic mass is 9.69. The molecular weight excluding hydrogens is 448 g/mol. The van der Waals surface area contributed by atoms with Gasteiger partial charge in [0, 0.05) is 29.3 Å². The van der Waals surface area contributed by atoms with Crippen LogP contribution in [0.2, 0.25) is 0 Å². The molecule has 0 amide bonds. The highest BCUT2D eigenvalue weighted by Gasteiger charge is 2.41. The molecule has 1 heterocycles. The summed E-state index contributed by atoms with van der Waals surface area (Å²) in [5.74, 6) is 0.882. The summed E-state index contributed by atoms with van der Waals surface area (Å²) < 4.78 is 11.2. The van der Waals surface area contributed by atoms with Crippen molar-refractivity contribution in [2.75, 3.05) is 7.11 Å². The summed E-state index contributed by atoms with van der Waals surface area (Å²) in [5, 5.41) is 10.0. The number of ketones is 1. The molecule has 0 bridgehead atoms. The second kappa shape index (κ2) is 10.2. The Morgan fingerprint density at radius 2 is 1.58 bits per heavy atom. The van der Waals surface area contributed by atoms with Gasteiger partial charge in [-0.25, -0.2) is 0 Å². The third kappa shape index (κ3) is 4.67. The van der Waals surface area contributed by atoms with Crippen LogP contribution in [0.1, 0.15) is 48.3 Å². The molecule has 1 aliphatic carbocycles. The van der Waals surface area contributed by atoms with E-state index in [9.17, 15) is 10.1 Å². The Kier molecular flexibility index (Phi) is 6.69. The first kappa shape index (κ1) is 23.6. The van der Waals surface area contributed by atoms with E-state index in [1.165, 1.54) is 0 Å². The molecule has 0 radical (unpaired) electrons. The van der Waals surface area contributed by atoms with Gasteiger partial charge in [0.1, 0.15) is 18.1 Å². The molecule has 36 heavy (non-hydrogen) atoms. The van der Waals surface area contributed by atoms with Crippen LogP contribution in [0.25, 0.3) is 0 Å². The minimum Gasteiger partial charge on any atom is -0.497 e. The summed E-state index contributed by atoms with van der Waals surface area (Å²) in [6.07, 6.45) is 1.09. The van der Waals surface area contributed by atoms with E-state index in [1.807, 2.05) is 85.8 Å². The Balaban J connectivity index is 1.41. The summed E-state index contributed by atoms with van der Waals surface area (Å²) in [6, 6.07) is 28.1. The fourth-order valence-corrected chi connectivity index (χ4v) is 5.21. The lowest BCUT2D eigenvalue weighted by molar-refractivity contribution is -0.116. The quantitative estimate of drug-likeness (QED) is 0.414. The van der Waals surface area contributed by atoms with Crippen LogP contribution in [0.3, 0.4) is 0 Å². The van der Waals surface area contributed by atoms with Crippen LogP contribution in [0.5, 0.6) is 11.5 Å². The predicted molar refractivity (Wildman–Crippen MR) is 139 cm³/mol. The zero-order chi connectivity index (χ0) is 25.1. The maximum atomic E-state index is 13.5. The number of carbonyl (C=O) groups is 1. The number of nitrogens with zero attached hydrogens (tertiary/aromatic N) is 2. The Morgan fingerprint density at radius 1 is 0.917 bits per heavy atom. The molecule has 0 N–H and O–H groups in total. The van der Waals surface area contributed by atoms with Crippen LogP contribution < -0.4 is 9.47 Å². The number of aliphatic imine (C=N–C) groups is 1. The van der Waals surface area contributed by atoms with Crippen molar-refractivity contribution in [3.8, 4) is 17.6 Å². The van der Waals surface area contributed by atoms with E-state index in [4.69, 9.17) is 14.5 Å². The first-order valence-corrected chi connectivity index (χ1v) is 12.2. The maximum absolute atomic E-state index is 13.5. The summed E-state index contributed by atoms with van der Waals surface area (Å²) in [4.78, 5) is 18.3. The van der Waals surface area contributed by atoms with Crippen molar-refractivity contribution in [1.29, 1.82) is 5.26 Å². The summed E-state index contributed by atoms with van der Waals surface area (Å²) >= 11 is 0. The molecule has 1 aliphatic heterocycles. The molecule has 5 nitrogen and oxygen atoms in total. The summed E-state index contributed by atoms with van der Waals surface area (Å²) in [6.45, 7) is 2.38. The number of allylic oxidation sites excluding steroid dienone is 2. The van der Waals surface area contributed by atoms with Crippen LogP contribution in [-0.4, -0.2) is 18.6 Å². The van der Waals surface area contributed by atoms with Crippen LogP contribution in [0.4, 0.5) is 0 Å². The van der Waals surface area contributed by atoms with Crippen LogP contribution in [0, 0.1) is 17.2 Å². The van der Waals surface area contributed by atoms with Crippen molar-refractivity contribution < 1.29 is 14.3 Å². The van der Waals surface area contributed by atoms with E-state index in [-0.39, 0.29) is 17.6 Å². The lowest BCUT2D eigenvalue weighted by Gasteiger charge is -2.35. The molecule has 0 aromatic heterocycles. The molecule has 0 saturated heterocycles. The van der Waals surface area contributed by atoms with Gasteiger partial charge in [0.15, 0.2) is 5.78 Å². The number of Topliss-reactive ketones (excluding diaryl/α,β-unsaturated/α-hetero) is 1. The monoisotopic (exact) mass is 476 g/mol. The third-order valence-corrected chi connectivity index (χ3v) is 7.10. The minimum absolute atomic E-state index is 0.0618. The highest BCUT2D eigenvalue weighted by molar-refractivity contribution is 6.03. The van der Waals surface area contributed by atoms with E-state index in [2.05, 4.69) is 6.07 Å². The Labute approximate surface area is 211 Å². The molecule has 3 aromatic rings. The highest BCUT2D eigenvalue weighted by Crippen LogP contribution is 2.46. The van der Waals surface area contributed by atoms with Gasteiger partial charge in [-0.2, -0.15) is 5.26 Å². The number of hydrogen-bond donors (Lipinski definition) is 0. The number of benzene rings is 3. The van der Waals surface area contributed by atoms with E-state index in [0.717, 1.165) is 39.6 Å². The number of hydrogen-bond acceptors (Lipinski definition) is 5. The first-order valence-electron chi connectivity index (χ1n) is 12.2. The van der Waals surface area contributed by atoms with Crippen molar-refractivity contribution in [2.45, 2.75) is 38.2 Å². The molecular formula is C31H28N2O3. The van der Waals surface area contributed by atoms with Crippen LogP contribution >= 0.6 is 0 Å². The van der Waals surface area contributed by atoms with Gasteiger partial charge in [-0.3, -0.25) is 9.79 Å². The molecule has 3 aromatic carbocycles. The van der Waals surface area contributed by atoms with Crippen LogP contribution in [-0.2, 0) is 11.4 Å². The van der Waals surface area contributed by atoms with Gasteiger partial charge < -0.3 is 9.47 Å². The summed E-state index contributed by atoms with van der Waals surface area (Å²) in [7, 11) is 1.64. The smallest absolute Gasteiger partial charge is 0.161 e. The van der Waals surface area contributed by atoms with Gasteiger partial charge >= 0.3 is 0 Å². The average molecular weight is 477 g/mol. The van der Waals surface area contributed by atoms with E-state index < -0.39 is 5.92 Å². The molecule has 0 fully saturated rings. The third-order valence-electron chi connectivity index (χ3n) is 7.10. The van der Waals surface area contributed by atoms with Crippen molar-refractivity contribution in [3.05, 3.63) is 107 Å². The molecule has 3 atom stereocenters. The van der Waals surface area contributed by atoms with E-state index >= 15 is 0 Å². The van der Waals surface area contributed by atoms with Crippen LogP contribution in [0.15, 0.2) is 95.1 Å². The number of nitriles is 1. The largest absolute Gasteiger partial charge is 0.497 e. The Hall–Kier alpha value is -4.17. The lowest BCUT2D eigenvalue weighted by Crippen LogP contribution is -2.32. The second-order valence-corrected chi connectivity index (χ2v) is 9.34. The fraction of sp³-hybridized carbons (Fsp3) is 0.258. The van der Waals surface area contributed by atoms with Crippen molar-refractivity contribution in [3.63, 3.8) is 0 Å². The first-order chi connectivity index (χ1) is 17.6. The number of rotatable bonds is 6. The molecule has 5 heteroatoms. The molecule has 180 valence electrons. The molecule has 0 spiro atoms. The predicted octanol–water partition coefficient (Wildman–Crippen LogP) is 6.37. The maximum Gasteiger partial charge on any atom is 0.161 e. The number of carbonyl (C=O) groups excluding carboxylic acids is 1. The van der Waals surface area contributed by atoms with Crippen molar-refractivity contribution in [2.24, 2.45) is 10.9 Å². The zero-order valence-corrected chi connectivity index (χ0v) is 20.5. The van der Waals surface area contributed by atoms with Gasteiger partial charge in [-0.15, -0.1) is 0 Å². The zero-order valence-electron chi connectivity index (χ0n) is 20.5. The molecule has 2 aliphatic rings. The number of methoxy groups -OCH3 is 1. The van der Waals surface area contributed by atoms with Gasteiger partial charge in [0.25, 0.3) is 0 Å². The molecule has 0 saturated carbocycles. The second-order valence-electron chi connectivity index (χ2n) is 9.34. The Bertz CT molecular complexity index is 1350. The highest BCUT2D eigenvalue weighted by atomic mass is 16.5. The van der Waals surface area contributed by atoms with Crippen molar-refractivity contribution >= 4 is 11.5 Å². The standard InChI is InChI=1S/C31H28N2O3/c1-20-27(18-32)30(23-10-14-26(15-11-23)36-19-21-6-4-3-5-7-21)31-28(33-20)16-24(17-29(31)34)22-8-12-25(35-2)13-9-22/h3-15,24,27,30H,16-17,19H2,1-2H3/t24-,27?,30-/m1/s1. The SMILES string of the molecule is COc1ccc([C@H]2CC(=O)C3=C(C2)N=C(C)C(C#N)[C@H]3c2ccc(OCc3ccccc3)cc2)cc1. The van der Waals surface area contributed by atoms with Gasteiger partial charge in [-0.1, -0.05) is 54.6 Å². The van der Waals surface area contributed by atoms with Gasteiger partial charge in [0.2, 0.25) is 0 Å². The minimum atomic E-state index is -0.471. The van der Waals surface area contributed by atoms with E-state index in [1.54, 1.807) is 7.11 Å². The van der Waals surface area contributed by atoms with Gasteiger partial charge in [-0.05, 0) is 60.2 Å². The average Bonchev–Trinajstić information content (AvgIpc) is 2.92. The fourth-order valence-electron chi connectivity index (χ4n) is 5.21. The van der Waals surface area contributed by atoms with Crippen molar-refractivity contribution in [1.82, 2.24) is 0 Å². The van der Waals surface area contributed by atoms with E-state index in [0.29, 0.717) is 25.0 Å². The summed E-state index contributed by atoms with van der Waals surface area (Å²) in [5.41, 5.74) is 5.39. The number of ether oxygens (including phenoxy) is 2.